The molecule has 0 aliphatic carbocycles. The minimum Gasteiger partial charge on any atom is -0.493 e. The van der Waals surface area contributed by atoms with Crippen LogP contribution in [0.2, 0.25) is 0 Å². The molecule has 2 aromatic rings. The molecule has 1 aromatic carbocycles. The lowest BCUT2D eigenvalue weighted by molar-refractivity contribution is 0.355. The Kier molecular flexibility index (Phi) is 5.22. The number of hydrogen-bond acceptors (Lipinski definition) is 4. The first-order valence-corrected chi connectivity index (χ1v) is 7.17. The smallest absolute Gasteiger partial charge is 0.161 e. The number of nitrogens with zero attached hydrogens (tertiary/aromatic N) is 1. The van der Waals surface area contributed by atoms with Crippen LogP contribution in [0.15, 0.2) is 18.3 Å². The first kappa shape index (κ1) is 15.4. The summed E-state index contributed by atoms with van der Waals surface area (Å²) in [4.78, 5) is 0. The molecule has 21 heavy (non-hydrogen) atoms. The molecule has 0 aliphatic heterocycles. The van der Waals surface area contributed by atoms with E-state index < -0.39 is 0 Å². The van der Waals surface area contributed by atoms with Gasteiger partial charge in [0.2, 0.25) is 0 Å². The van der Waals surface area contributed by atoms with E-state index in [1.807, 2.05) is 18.3 Å². The van der Waals surface area contributed by atoms with Gasteiger partial charge in [-0.3, -0.25) is 5.10 Å². The zero-order valence-corrected chi connectivity index (χ0v) is 13.1. The lowest BCUT2D eigenvalue weighted by Crippen LogP contribution is -2.13. The van der Waals surface area contributed by atoms with Gasteiger partial charge < -0.3 is 14.8 Å². The van der Waals surface area contributed by atoms with Crippen molar-refractivity contribution < 1.29 is 9.47 Å². The number of rotatable bonds is 7. The van der Waals surface area contributed by atoms with E-state index in [0.717, 1.165) is 53.4 Å². The fraction of sp³-hybridized carbons (Fsp3) is 0.438. The van der Waals surface area contributed by atoms with Crippen molar-refractivity contribution in [1.29, 1.82) is 0 Å². The maximum absolute atomic E-state index is 5.39. The molecule has 2 N–H and O–H groups in total. The van der Waals surface area contributed by atoms with Crippen LogP contribution in [0.1, 0.15) is 24.5 Å². The van der Waals surface area contributed by atoms with Crippen molar-refractivity contribution in [3.8, 4) is 22.8 Å². The van der Waals surface area contributed by atoms with E-state index in [0.29, 0.717) is 0 Å². The van der Waals surface area contributed by atoms with Crippen molar-refractivity contribution in [2.45, 2.75) is 26.8 Å². The predicted molar refractivity (Wildman–Crippen MR) is 83.9 cm³/mol. The second-order valence-corrected chi connectivity index (χ2v) is 4.97. The largest absolute Gasteiger partial charge is 0.493 e. The van der Waals surface area contributed by atoms with E-state index >= 15 is 0 Å². The summed E-state index contributed by atoms with van der Waals surface area (Å²) in [6.45, 7) is 6.01. The van der Waals surface area contributed by atoms with E-state index in [1.165, 1.54) is 0 Å². The second kappa shape index (κ2) is 7.13. The Morgan fingerprint density at radius 3 is 2.57 bits per heavy atom. The van der Waals surface area contributed by atoms with Gasteiger partial charge in [0.15, 0.2) is 11.5 Å². The number of aryl methyl sites for hydroxylation is 1. The van der Waals surface area contributed by atoms with Crippen LogP contribution < -0.4 is 14.8 Å². The van der Waals surface area contributed by atoms with Gasteiger partial charge >= 0.3 is 0 Å². The number of nitrogens with one attached hydrogen (secondary N) is 2. The normalized spacial score (nSPS) is 10.7. The maximum Gasteiger partial charge on any atom is 0.161 e. The minimum absolute atomic E-state index is 0.722. The van der Waals surface area contributed by atoms with E-state index in [9.17, 15) is 0 Å². The molecule has 0 bridgehead atoms. The van der Waals surface area contributed by atoms with Crippen molar-refractivity contribution in [1.82, 2.24) is 15.5 Å². The highest BCUT2D eigenvalue weighted by atomic mass is 16.5. The van der Waals surface area contributed by atoms with Gasteiger partial charge in [0.05, 0.1) is 26.1 Å². The van der Waals surface area contributed by atoms with Crippen molar-refractivity contribution in [3.05, 3.63) is 29.5 Å². The van der Waals surface area contributed by atoms with E-state index in [2.05, 4.69) is 29.4 Å². The Balaban J connectivity index is 2.36. The summed E-state index contributed by atoms with van der Waals surface area (Å²) in [6, 6.07) is 3.98. The van der Waals surface area contributed by atoms with E-state index in [4.69, 9.17) is 9.47 Å². The molecule has 1 heterocycles. The molecule has 0 aliphatic rings. The number of aromatic nitrogens is 2. The lowest BCUT2D eigenvalue weighted by Gasteiger charge is -2.13. The van der Waals surface area contributed by atoms with Crippen molar-refractivity contribution in [2.75, 3.05) is 20.8 Å². The second-order valence-electron chi connectivity index (χ2n) is 4.97. The highest BCUT2D eigenvalue weighted by Crippen LogP contribution is 2.35. The molecule has 0 radical (unpaired) electrons. The van der Waals surface area contributed by atoms with E-state index in [1.54, 1.807) is 14.2 Å². The molecule has 0 unspecified atom stereocenters. The van der Waals surface area contributed by atoms with Crippen LogP contribution in [0.25, 0.3) is 11.3 Å². The number of aromatic amines is 1. The van der Waals surface area contributed by atoms with Crippen LogP contribution in [0, 0.1) is 6.92 Å². The lowest BCUT2D eigenvalue weighted by atomic mass is 10.0. The summed E-state index contributed by atoms with van der Waals surface area (Å²) in [5.74, 6) is 1.46. The Bertz CT molecular complexity index is 593. The highest BCUT2D eigenvalue weighted by molar-refractivity contribution is 5.70. The monoisotopic (exact) mass is 289 g/mol. The minimum atomic E-state index is 0.722. The molecule has 1 aromatic heterocycles. The Labute approximate surface area is 125 Å². The number of ether oxygens (including phenoxy) is 2. The molecule has 0 amide bonds. The molecule has 0 fully saturated rings. The molecule has 114 valence electrons. The van der Waals surface area contributed by atoms with E-state index in [-0.39, 0.29) is 0 Å². The summed E-state index contributed by atoms with van der Waals surface area (Å²) in [5, 5.41) is 10.7. The van der Waals surface area contributed by atoms with Gasteiger partial charge in [-0.05, 0) is 37.6 Å². The van der Waals surface area contributed by atoms with Crippen LogP contribution in [-0.4, -0.2) is 31.0 Å². The Hall–Kier alpha value is -2.01. The molecule has 0 atom stereocenters. The quantitative estimate of drug-likeness (QED) is 0.769. The Morgan fingerprint density at radius 2 is 1.90 bits per heavy atom. The molecular weight excluding hydrogens is 266 g/mol. The van der Waals surface area contributed by atoms with Gasteiger partial charge in [0.25, 0.3) is 0 Å². The zero-order chi connectivity index (χ0) is 15.2. The number of methoxy groups -OCH3 is 2. The van der Waals surface area contributed by atoms with Crippen LogP contribution in [0.5, 0.6) is 11.5 Å². The van der Waals surface area contributed by atoms with Gasteiger partial charge in [0, 0.05) is 17.7 Å². The molecule has 5 heteroatoms. The first-order chi connectivity index (χ1) is 10.2. The molecule has 0 saturated heterocycles. The summed E-state index contributed by atoms with van der Waals surface area (Å²) in [5.41, 5.74) is 4.38. The van der Waals surface area contributed by atoms with Crippen molar-refractivity contribution in [2.24, 2.45) is 0 Å². The van der Waals surface area contributed by atoms with Crippen molar-refractivity contribution in [3.63, 3.8) is 0 Å². The summed E-state index contributed by atoms with van der Waals surface area (Å²) in [6.07, 6.45) is 2.98. The fourth-order valence-corrected chi connectivity index (χ4v) is 2.33. The van der Waals surface area contributed by atoms with Crippen LogP contribution in [0.3, 0.4) is 0 Å². The third kappa shape index (κ3) is 3.36. The van der Waals surface area contributed by atoms with Crippen LogP contribution in [0.4, 0.5) is 0 Å². The third-order valence-corrected chi connectivity index (χ3v) is 3.46. The zero-order valence-electron chi connectivity index (χ0n) is 13.1. The standard InChI is InChI=1S/C16H23N3O2/c1-5-6-17-9-12-10-18-19-16(12)13-8-15(21-4)14(20-3)7-11(13)2/h7-8,10,17H,5-6,9H2,1-4H3,(H,18,19). The Morgan fingerprint density at radius 1 is 1.19 bits per heavy atom. The predicted octanol–water partition coefficient (Wildman–Crippen LogP) is 2.90. The average molecular weight is 289 g/mol. The third-order valence-electron chi connectivity index (χ3n) is 3.46. The van der Waals surface area contributed by atoms with Gasteiger partial charge in [-0.25, -0.2) is 0 Å². The van der Waals surface area contributed by atoms with Gasteiger partial charge in [-0.1, -0.05) is 6.92 Å². The summed E-state index contributed by atoms with van der Waals surface area (Å²) in [7, 11) is 3.29. The molecule has 0 saturated carbocycles. The SMILES string of the molecule is CCCNCc1cn[nH]c1-c1cc(OC)c(OC)cc1C. The van der Waals surface area contributed by atoms with Gasteiger partial charge in [-0.2, -0.15) is 5.10 Å². The maximum atomic E-state index is 5.39. The number of benzene rings is 1. The van der Waals surface area contributed by atoms with Crippen molar-refractivity contribution >= 4 is 0 Å². The average Bonchev–Trinajstić information content (AvgIpc) is 2.95. The number of H-pyrrole nitrogens is 1. The highest BCUT2D eigenvalue weighted by Gasteiger charge is 2.14. The van der Waals surface area contributed by atoms with Crippen LogP contribution >= 0.6 is 0 Å². The first-order valence-electron chi connectivity index (χ1n) is 7.17. The van der Waals surface area contributed by atoms with Gasteiger partial charge in [0.1, 0.15) is 0 Å². The summed E-state index contributed by atoms with van der Waals surface area (Å²) >= 11 is 0. The molecular formula is C16H23N3O2. The molecule has 0 spiro atoms. The topological polar surface area (TPSA) is 59.2 Å². The summed E-state index contributed by atoms with van der Waals surface area (Å²) < 4.78 is 10.7. The number of hydrogen-bond donors (Lipinski definition) is 2. The van der Waals surface area contributed by atoms with Gasteiger partial charge in [-0.15, -0.1) is 0 Å². The van der Waals surface area contributed by atoms with Crippen LogP contribution in [-0.2, 0) is 6.54 Å². The fourth-order valence-electron chi connectivity index (χ4n) is 2.33. The molecule has 5 nitrogen and oxygen atoms in total. The molecule has 2 rings (SSSR count).